The van der Waals surface area contributed by atoms with Crippen LogP contribution in [0.15, 0.2) is 12.4 Å². The monoisotopic (exact) mass is 310 g/mol. The van der Waals surface area contributed by atoms with Crippen LogP contribution >= 0.6 is 0 Å². The Kier molecular flexibility index (Phi) is 5.55. The second kappa shape index (κ2) is 7.21. The van der Waals surface area contributed by atoms with Crippen molar-refractivity contribution in [3.05, 3.63) is 18.2 Å². The minimum absolute atomic E-state index is 0.0393. The minimum atomic E-state index is -0.246. The number of rotatable bonds is 6. The number of hydrogen-bond donors (Lipinski definition) is 1. The Balaban J connectivity index is 1.84. The molecule has 0 radical (unpaired) electrons. The minimum Gasteiger partial charge on any atom is -0.369 e. The van der Waals surface area contributed by atoms with Gasteiger partial charge >= 0.3 is 0 Å². The highest BCUT2D eigenvalue weighted by molar-refractivity contribution is 5.76. The molecule has 0 aromatic carbocycles. The van der Waals surface area contributed by atoms with Crippen molar-refractivity contribution in [2.45, 2.75) is 32.1 Å². The largest absolute Gasteiger partial charge is 0.369 e. The molecule has 1 aromatic rings. The molecule has 2 rings (SSSR count). The van der Waals surface area contributed by atoms with Crippen LogP contribution in [0.4, 0.5) is 0 Å². The fraction of sp³-hybridized carbons (Fsp3) is 0.733. The van der Waals surface area contributed by atoms with Crippen LogP contribution in [-0.4, -0.2) is 77.8 Å². The Morgan fingerprint density at radius 3 is 3.00 bits per heavy atom. The van der Waals surface area contributed by atoms with Gasteiger partial charge in [0.05, 0.1) is 24.9 Å². The maximum atomic E-state index is 11.5. The summed E-state index contributed by atoms with van der Waals surface area (Å²) in [7, 11) is 3.44. The van der Waals surface area contributed by atoms with Gasteiger partial charge in [-0.05, 0) is 13.8 Å². The first-order valence-corrected chi connectivity index (χ1v) is 7.52. The van der Waals surface area contributed by atoms with Crippen LogP contribution in [0, 0.1) is 0 Å². The summed E-state index contributed by atoms with van der Waals surface area (Å²) in [5, 5.41) is 0. The van der Waals surface area contributed by atoms with Gasteiger partial charge in [0.1, 0.15) is 12.4 Å². The maximum Gasteiger partial charge on any atom is 0.248 e. The predicted molar refractivity (Wildman–Crippen MR) is 82.3 cm³/mol. The van der Waals surface area contributed by atoms with E-state index in [-0.39, 0.29) is 24.2 Å². The lowest BCUT2D eigenvalue weighted by Crippen LogP contribution is -2.53. The lowest BCUT2D eigenvalue weighted by Gasteiger charge is -2.42. The summed E-state index contributed by atoms with van der Waals surface area (Å²) < 4.78 is 11.6. The van der Waals surface area contributed by atoms with E-state index >= 15 is 0 Å². The lowest BCUT2D eigenvalue weighted by atomic mass is 10.1. The summed E-state index contributed by atoms with van der Waals surface area (Å²) in [6.07, 6.45) is 3.54. The molecule has 7 nitrogen and oxygen atoms in total. The van der Waals surface area contributed by atoms with E-state index in [0.29, 0.717) is 6.61 Å². The van der Waals surface area contributed by atoms with Crippen molar-refractivity contribution in [3.8, 4) is 0 Å². The lowest BCUT2D eigenvalue weighted by molar-refractivity contribution is -0.161. The number of ether oxygens (including phenoxy) is 2. The SMILES string of the molecule is CN(C)C(=O)COC[C@H]1CN(Cc2ncc[nH]2)CC(C)(C)O1. The average molecular weight is 310 g/mol. The summed E-state index contributed by atoms with van der Waals surface area (Å²) in [6, 6.07) is 0. The van der Waals surface area contributed by atoms with Crippen LogP contribution in [0.1, 0.15) is 19.7 Å². The molecule has 0 unspecified atom stereocenters. The molecule has 1 aliphatic rings. The molecule has 1 fully saturated rings. The van der Waals surface area contributed by atoms with Gasteiger partial charge in [0.25, 0.3) is 0 Å². The number of carbonyl (C=O) groups excluding carboxylic acids is 1. The first-order chi connectivity index (χ1) is 10.4. The van der Waals surface area contributed by atoms with E-state index in [1.54, 1.807) is 20.3 Å². The molecule has 1 atom stereocenters. The van der Waals surface area contributed by atoms with Gasteiger partial charge in [0, 0.05) is 39.6 Å². The molecule has 1 aliphatic heterocycles. The van der Waals surface area contributed by atoms with E-state index in [9.17, 15) is 4.79 Å². The van der Waals surface area contributed by atoms with Crippen LogP contribution in [0.3, 0.4) is 0 Å². The number of amides is 1. The second-order valence-electron chi connectivity index (χ2n) is 6.51. The number of morpholine rings is 1. The van der Waals surface area contributed by atoms with Crippen molar-refractivity contribution in [2.75, 3.05) is 40.4 Å². The van der Waals surface area contributed by atoms with E-state index in [4.69, 9.17) is 9.47 Å². The van der Waals surface area contributed by atoms with Gasteiger partial charge in [-0.15, -0.1) is 0 Å². The zero-order valence-electron chi connectivity index (χ0n) is 13.8. The van der Waals surface area contributed by atoms with Crippen LogP contribution in [0.25, 0.3) is 0 Å². The zero-order chi connectivity index (χ0) is 16.2. The maximum absolute atomic E-state index is 11.5. The number of likely N-dealkylation sites (N-methyl/N-ethyl adjacent to an activating group) is 1. The summed E-state index contributed by atoms with van der Waals surface area (Å²) in [5.74, 6) is 0.905. The average Bonchev–Trinajstić information content (AvgIpc) is 2.89. The molecule has 0 saturated carbocycles. The number of carbonyl (C=O) groups is 1. The molecular formula is C15H26N4O3. The third-order valence-corrected chi connectivity index (χ3v) is 3.51. The van der Waals surface area contributed by atoms with E-state index in [1.807, 2.05) is 6.20 Å². The van der Waals surface area contributed by atoms with Crippen LogP contribution in [0.5, 0.6) is 0 Å². The first-order valence-electron chi connectivity index (χ1n) is 7.52. The smallest absolute Gasteiger partial charge is 0.248 e. The number of hydrogen-bond acceptors (Lipinski definition) is 5. The van der Waals surface area contributed by atoms with E-state index in [0.717, 1.165) is 25.5 Å². The van der Waals surface area contributed by atoms with Gasteiger partial charge in [-0.25, -0.2) is 4.98 Å². The number of aromatic amines is 1. The van der Waals surface area contributed by atoms with Crippen LogP contribution in [-0.2, 0) is 20.8 Å². The Morgan fingerprint density at radius 2 is 2.36 bits per heavy atom. The summed E-state index contributed by atoms with van der Waals surface area (Å²) >= 11 is 0. The standard InChI is InChI=1S/C15H26N4O3/c1-15(2)11-19(8-13-16-5-6-17-13)7-12(22-15)9-21-10-14(20)18(3)4/h5-6,12H,7-11H2,1-4H3,(H,16,17)/t12-/m1/s1. The highest BCUT2D eigenvalue weighted by atomic mass is 16.5. The van der Waals surface area contributed by atoms with Crippen molar-refractivity contribution in [3.63, 3.8) is 0 Å². The quantitative estimate of drug-likeness (QED) is 0.828. The van der Waals surface area contributed by atoms with Crippen LogP contribution in [0.2, 0.25) is 0 Å². The Morgan fingerprint density at radius 1 is 1.59 bits per heavy atom. The third-order valence-electron chi connectivity index (χ3n) is 3.51. The van der Waals surface area contributed by atoms with Crippen LogP contribution < -0.4 is 0 Å². The van der Waals surface area contributed by atoms with Gasteiger partial charge in [0.2, 0.25) is 5.91 Å². The van der Waals surface area contributed by atoms with Crippen molar-refractivity contribution >= 4 is 5.91 Å². The topological polar surface area (TPSA) is 70.7 Å². The molecule has 7 heteroatoms. The molecule has 0 aliphatic carbocycles. The normalized spacial score (nSPS) is 21.7. The van der Waals surface area contributed by atoms with Crippen molar-refractivity contribution in [1.82, 2.24) is 19.8 Å². The molecule has 22 heavy (non-hydrogen) atoms. The molecule has 1 aromatic heterocycles. The van der Waals surface area contributed by atoms with E-state index < -0.39 is 0 Å². The number of nitrogens with one attached hydrogen (secondary N) is 1. The summed E-state index contributed by atoms with van der Waals surface area (Å²) in [4.78, 5) is 22.7. The Bertz CT molecular complexity index is 473. The van der Waals surface area contributed by atoms with Gasteiger partial charge in [-0.3, -0.25) is 9.69 Å². The number of aromatic nitrogens is 2. The number of imidazole rings is 1. The summed E-state index contributed by atoms with van der Waals surface area (Å²) in [6.45, 7) is 7.00. The zero-order valence-corrected chi connectivity index (χ0v) is 13.8. The number of H-pyrrole nitrogens is 1. The molecule has 2 heterocycles. The fourth-order valence-corrected chi connectivity index (χ4v) is 2.63. The van der Waals surface area contributed by atoms with Crippen molar-refractivity contribution < 1.29 is 14.3 Å². The molecule has 0 bridgehead atoms. The second-order valence-corrected chi connectivity index (χ2v) is 6.51. The third kappa shape index (κ3) is 5.08. The first kappa shape index (κ1) is 16.9. The molecule has 0 spiro atoms. The molecule has 1 N–H and O–H groups in total. The number of nitrogens with zero attached hydrogens (tertiary/aromatic N) is 3. The molecular weight excluding hydrogens is 284 g/mol. The van der Waals surface area contributed by atoms with E-state index in [1.165, 1.54) is 4.90 Å². The molecule has 1 saturated heterocycles. The van der Waals surface area contributed by atoms with Crippen molar-refractivity contribution in [2.24, 2.45) is 0 Å². The van der Waals surface area contributed by atoms with Gasteiger partial charge in [-0.1, -0.05) is 0 Å². The van der Waals surface area contributed by atoms with E-state index in [2.05, 4.69) is 28.7 Å². The molecule has 124 valence electrons. The predicted octanol–water partition coefficient (Wildman–Crippen LogP) is 0.494. The van der Waals surface area contributed by atoms with Gasteiger partial charge in [-0.2, -0.15) is 0 Å². The fourth-order valence-electron chi connectivity index (χ4n) is 2.63. The van der Waals surface area contributed by atoms with Gasteiger partial charge < -0.3 is 19.4 Å². The summed E-state index contributed by atoms with van der Waals surface area (Å²) in [5.41, 5.74) is -0.246. The highest BCUT2D eigenvalue weighted by Crippen LogP contribution is 2.22. The Labute approximate surface area is 131 Å². The molecule has 1 amide bonds. The Hall–Kier alpha value is -1.44. The van der Waals surface area contributed by atoms with Gasteiger partial charge in [0.15, 0.2) is 0 Å². The highest BCUT2D eigenvalue weighted by Gasteiger charge is 2.33. The van der Waals surface area contributed by atoms with Crippen molar-refractivity contribution in [1.29, 1.82) is 0 Å².